The number of hydrogen-bond donors (Lipinski definition) is 3. The quantitative estimate of drug-likeness (QED) is 0.743. The average molecular weight is 292 g/mol. The fourth-order valence-electron chi connectivity index (χ4n) is 3.02. The summed E-state index contributed by atoms with van der Waals surface area (Å²) in [7, 11) is 1.77. The lowest BCUT2D eigenvalue weighted by atomic mass is 9.90. The molecule has 2 rings (SSSR count). The normalized spacial score (nSPS) is 22.0. The zero-order valence-corrected chi connectivity index (χ0v) is 12.7. The molecule has 1 aliphatic carbocycles. The van der Waals surface area contributed by atoms with Crippen molar-refractivity contribution in [2.24, 2.45) is 0 Å². The van der Waals surface area contributed by atoms with Crippen LogP contribution in [0.15, 0.2) is 18.2 Å². The van der Waals surface area contributed by atoms with Gasteiger partial charge < -0.3 is 20.4 Å². The van der Waals surface area contributed by atoms with Crippen molar-refractivity contribution >= 4 is 5.91 Å². The fraction of sp³-hybridized carbons (Fsp3) is 0.562. The van der Waals surface area contributed by atoms with Crippen molar-refractivity contribution in [2.45, 2.75) is 44.7 Å². The Bertz CT molecular complexity index is 496. The predicted molar refractivity (Wildman–Crippen MR) is 81.6 cm³/mol. The Balaban J connectivity index is 2.02. The van der Waals surface area contributed by atoms with Crippen LogP contribution >= 0.6 is 0 Å². The van der Waals surface area contributed by atoms with Gasteiger partial charge in [-0.15, -0.1) is 0 Å². The van der Waals surface area contributed by atoms with Crippen LogP contribution in [0.4, 0.5) is 0 Å². The second kappa shape index (κ2) is 6.80. The van der Waals surface area contributed by atoms with Gasteiger partial charge >= 0.3 is 0 Å². The Hall–Kier alpha value is -1.75. The Morgan fingerprint density at radius 1 is 1.29 bits per heavy atom. The fourth-order valence-corrected chi connectivity index (χ4v) is 3.02. The minimum absolute atomic E-state index is 0.159. The van der Waals surface area contributed by atoms with Crippen molar-refractivity contribution in [1.29, 1.82) is 0 Å². The molecule has 0 atom stereocenters. The molecule has 3 N–H and O–H groups in total. The van der Waals surface area contributed by atoms with Gasteiger partial charge in [0.15, 0.2) is 11.5 Å². The lowest BCUT2D eigenvalue weighted by Crippen LogP contribution is -2.43. The van der Waals surface area contributed by atoms with Crippen molar-refractivity contribution in [3.05, 3.63) is 23.8 Å². The van der Waals surface area contributed by atoms with Gasteiger partial charge in [-0.2, -0.15) is 0 Å². The van der Waals surface area contributed by atoms with Crippen LogP contribution in [0.1, 0.15) is 43.0 Å². The topological polar surface area (TPSA) is 72.8 Å². The van der Waals surface area contributed by atoms with Gasteiger partial charge in [0.2, 0.25) is 0 Å². The molecule has 1 aromatic carbocycles. The maximum atomic E-state index is 12.5. The van der Waals surface area contributed by atoms with Crippen molar-refractivity contribution in [2.75, 3.05) is 13.6 Å². The summed E-state index contributed by atoms with van der Waals surface area (Å²) in [6.45, 7) is 3.08. The molecular formula is C16H24N2O3. The number of carbonyl (C=O) groups excluding carboxylic acids is 1. The number of benzene rings is 1. The molecule has 0 aromatic heterocycles. The molecular weight excluding hydrogens is 268 g/mol. The van der Waals surface area contributed by atoms with Gasteiger partial charge in [0.25, 0.3) is 5.91 Å². The number of para-hydroxylation sites is 1. The van der Waals surface area contributed by atoms with Crippen LogP contribution in [0.2, 0.25) is 0 Å². The molecule has 1 aromatic rings. The van der Waals surface area contributed by atoms with E-state index in [4.69, 9.17) is 0 Å². The summed E-state index contributed by atoms with van der Waals surface area (Å²) in [6, 6.07) is 5.21. The molecule has 21 heavy (non-hydrogen) atoms. The number of rotatable bonds is 4. The van der Waals surface area contributed by atoms with Gasteiger partial charge in [-0.3, -0.25) is 4.79 Å². The van der Waals surface area contributed by atoms with E-state index in [0.29, 0.717) is 6.04 Å². The Labute approximate surface area is 125 Å². The van der Waals surface area contributed by atoms with E-state index in [0.717, 1.165) is 32.2 Å². The van der Waals surface area contributed by atoms with Crippen LogP contribution in [-0.4, -0.2) is 46.7 Å². The highest BCUT2D eigenvalue weighted by Crippen LogP contribution is 2.30. The molecule has 0 spiro atoms. The smallest absolute Gasteiger partial charge is 0.257 e. The number of carbonyl (C=O) groups is 1. The third-order valence-corrected chi connectivity index (χ3v) is 4.30. The van der Waals surface area contributed by atoms with Gasteiger partial charge in [-0.05, 0) is 44.4 Å². The largest absolute Gasteiger partial charge is 0.504 e. The summed E-state index contributed by atoms with van der Waals surface area (Å²) in [5, 5.41) is 22.8. The Morgan fingerprint density at radius 2 is 1.95 bits per heavy atom. The maximum Gasteiger partial charge on any atom is 0.257 e. The van der Waals surface area contributed by atoms with Crippen molar-refractivity contribution in [3.8, 4) is 11.5 Å². The number of hydrogen-bond acceptors (Lipinski definition) is 4. The first kappa shape index (κ1) is 15.6. The van der Waals surface area contributed by atoms with E-state index >= 15 is 0 Å². The van der Waals surface area contributed by atoms with Crippen LogP contribution in [0, 0.1) is 0 Å². The number of phenols is 2. The van der Waals surface area contributed by atoms with E-state index in [1.165, 1.54) is 12.1 Å². The van der Waals surface area contributed by atoms with E-state index in [2.05, 4.69) is 12.2 Å². The van der Waals surface area contributed by atoms with E-state index in [1.807, 2.05) is 0 Å². The van der Waals surface area contributed by atoms with Crippen LogP contribution < -0.4 is 5.32 Å². The highest BCUT2D eigenvalue weighted by atomic mass is 16.3. The monoisotopic (exact) mass is 292 g/mol. The maximum absolute atomic E-state index is 12.5. The van der Waals surface area contributed by atoms with E-state index in [1.54, 1.807) is 18.0 Å². The van der Waals surface area contributed by atoms with E-state index in [9.17, 15) is 15.0 Å². The minimum atomic E-state index is -0.337. The number of phenolic OH excluding ortho intramolecular Hbond substituents is 2. The number of nitrogens with one attached hydrogen (secondary N) is 1. The summed E-state index contributed by atoms with van der Waals surface area (Å²) in [5.41, 5.74) is 0.159. The molecule has 5 heteroatoms. The van der Waals surface area contributed by atoms with Crippen LogP contribution in [-0.2, 0) is 0 Å². The molecule has 0 heterocycles. The molecule has 1 fully saturated rings. The van der Waals surface area contributed by atoms with Crippen LogP contribution in [0.25, 0.3) is 0 Å². The SMILES string of the molecule is CCNC1CCC(N(C)C(=O)c2cccc(O)c2O)CC1. The number of aromatic hydroxyl groups is 2. The van der Waals surface area contributed by atoms with E-state index in [-0.39, 0.29) is 29.0 Å². The Kier molecular flexibility index (Phi) is 5.07. The molecule has 0 unspecified atom stereocenters. The second-order valence-corrected chi connectivity index (χ2v) is 5.65. The molecule has 0 bridgehead atoms. The summed E-state index contributed by atoms with van der Waals surface area (Å²) in [4.78, 5) is 14.2. The number of amides is 1. The van der Waals surface area contributed by atoms with Gasteiger partial charge in [-0.1, -0.05) is 13.0 Å². The number of nitrogens with zero attached hydrogens (tertiary/aromatic N) is 1. The van der Waals surface area contributed by atoms with Crippen molar-refractivity contribution in [3.63, 3.8) is 0 Å². The van der Waals surface area contributed by atoms with Crippen LogP contribution in [0.5, 0.6) is 11.5 Å². The minimum Gasteiger partial charge on any atom is -0.504 e. The predicted octanol–water partition coefficient (Wildman–Crippen LogP) is 2.09. The summed E-state index contributed by atoms with van der Waals surface area (Å²) >= 11 is 0. The third kappa shape index (κ3) is 3.47. The van der Waals surface area contributed by atoms with Gasteiger partial charge in [0.05, 0.1) is 5.56 Å². The molecule has 1 aliphatic rings. The first-order valence-electron chi connectivity index (χ1n) is 7.56. The standard InChI is InChI=1S/C16H24N2O3/c1-3-17-11-7-9-12(10-8-11)18(2)16(21)13-5-4-6-14(19)15(13)20/h4-6,11-12,17,19-20H,3,7-10H2,1-2H3. The van der Waals surface area contributed by atoms with Crippen molar-refractivity contribution in [1.82, 2.24) is 10.2 Å². The lowest BCUT2D eigenvalue weighted by molar-refractivity contribution is 0.0681. The molecule has 0 saturated heterocycles. The van der Waals surface area contributed by atoms with Crippen molar-refractivity contribution < 1.29 is 15.0 Å². The Morgan fingerprint density at radius 3 is 2.57 bits per heavy atom. The molecule has 1 saturated carbocycles. The lowest BCUT2D eigenvalue weighted by Gasteiger charge is -2.35. The second-order valence-electron chi connectivity index (χ2n) is 5.65. The molecule has 5 nitrogen and oxygen atoms in total. The van der Waals surface area contributed by atoms with Gasteiger partial charge in [0.1, 0.15) is 0 Å². The summed E-state index contributed by atoms with van der Waals surface area (Å²) in [6.07, 6.45) is 4.03. The molecule has 0 aliphatic heterocycles. The van der Waals surface area contributed by atoms with Gasteiger partial charge in [0, 0.05) is 19.1 Å². The molecule has 1 amide bonds. The molecule has 116 valence electrons. The van der Waals surface area contributed by atoms with E-state index < -0.39 is 0 Å². The first-order valence-corrected chi connectivity index (χ1v) is 7.56. The highest BCUT2D eigenvalue weighted by molar-refractivity contribution is 5.97. The third-order valence-electron chi connectivity index (χ3n) is 4.30. The van der Waals surface area contributed by atoms with Crippen LogP contribution in [0.3, 0.4) is 0 Å². The summed E-state index contributed by atoms with van der Waals surface area (Å²) in [5.74, 6) is -0.837. The average Bonchev–Trinajstić information content (AvgIpc) is 2.50. The zero-order valence-electron chi connectivity index (χ0n) is 12.7. The first-order chi connectivity index (χ1) is 10.0. The zero-order chi connectivity index (χ0) is 15.4. The van der Waals surface area contributed by atoms with Gasteiger partial charge in [-0.25, -0.2) is 0 Å². The highest BCUT2D eigenvalue weighted by Gasteiger charge is 2.28. The summed E-state index contributed by atoms with van der Waals surface area (Å²) < 4.78 is 0. The molecule has 0 radical (unpaired) electrons.